The third-order valence-electron chi connectivity index (χ3n) is 3.00. The number of carbonyl (C=O) groups is 1. The lowest BCUT2D eigenvalue weighted by atomic mass is 10.2. The van der Waals surface area contributed by atoms with E-state index in [1.807, 2.05) is 31.2 Å². The summed E-state index contributed by atoms with van der Waals surface area (Å²) in [5.74, 6) is 0.0295. The van der Waals surface area contributed by atoms with Crippen LogP contribution in [-0.4, -0.2) is 22.7 Å². The van der Waals surface area contributed by atoms with Crippen LogP contribution < -0.4 is 4.74 Å². The fourth-order valence-corrected chi connectivity index (χ4v) is 3.12. The molecule has 1 aromatic carbocycles. The van der Waals surface area contributed by atoms with Gasteiger partial charge in [0.25, 0.3) is 0 Å². The molecule has 0 aliphatic rings. The Morgan fingerprint density at radius 3 is 2.57 bits per heavy atom. The molecule has 2 rings (SSSR count). The zero-order chi connectivity index (χ0) is 15.2. The second kappa shape index (κ2) is 7.22. The van der Waals surface area contributed by atoms with Gasteiger partial charge in [0.1, 0.15) is 10.8 Å². The first kappa shape index (κ1) is 15.5. The molecule has 0 saturated carbocycles. The average molecular weight is 305 g/mol. The molecule has 2 aromatic rings. The number of hydrogen-bond acceptors (Lipinski definition) is 4. The second-order valence-corrected chi connectivity index (χ2v) is 5.77. The minimum absolute atomic E-state index is 0.0402. The molecule has 1 aromatic heterocycles. The number of nitrogens with zero attached hydrogens (tertiary/aromatic N) is 1. The highest BCUT2D eigenvalue weighted by molar-refractivity contribution is 7.15. The quantitative estimate of drug-likeness (QED) is 0.845. The third-order valence-corrected chi connectivity index (χ3v) is 4.15. The number of benzene rings is 1. The van der Waals surface area contributed by atoms with Crippen molar-refractivity contribution >= 4 is 17.3 Å². The Balaban J connectivity index is 2.21. The lowest BCUT2D eigenvalue weighted by Gasteiger charge is -2.04. The first-order valence-electron chi connectivity index (χ1n) is 7.07. The van der Waals surface area contributed by atoms with Crippen molar-refractivity contribution in [2.24, 2.45) is 0 Å². The van der Waals surface area contributed by atoms with Crippen molar-refractivity contribution < 1.29 is 14.6 Å². The summed E-state index contributed by atoms with van der Waals surface area (Å²) in [6.07, 6.45) is 1.77. The molecule has 0 radical (unpaired) electrons. The highest BCUT2D eigenvalue weighted by Gasteiger charge is 2.14. The summed E-state index contributed by atoms with van der Waals surface area (Å²) >= 11 is 1.46. The van der Waals surface area contributed by atoms with Crippen molar-refractivity contribution in [3.8, 4) is 16.3 Å². The van der Waals surface area contributed by atoms with Crippen LogP contribution in [0.4, 0.5) is 0 Å². The van der Waals surface area contributed by atoms with Crippen LogP contribution in [0.15, 0.2) is 24.3 Å². The molecule has 0 saturated heterocycles. The van der Waals surface area contributed by atoms with Gasteiger partial charge in [-0.2, -0.15) is 0 Å². The first-order valence-corrected chi connectivity index (χ1v) is 7.89. The largest absolute Gasteiger partial charge is 0.494 e. The summed E-state index contributed by atoms with van der Waals surface area (Å²) in [5.41, 5.74) is 1.87. The van der Waals surface area contributed by atoms with E-state index in [0.717, 1.165) is 39.7 Å². The highest BCUT2D eigenvalue weighted by atomic mass is 32.1. The number of aliphatic carboxylic acids is 1. The summed E-state index contributed by atoms with van der Waals surface area (Å²) < 4.78 is 5.55. The molecule has 0 atom stereocenters. The van der Waals surface area contributed by atoms with Gasteiger partial charge in [0, 0.05) is 10.4 Å². The smallest absolute Gasteiger partial charge is 0.308 e. The van der Waals surface area contributed by atoms with Crippen LogP contribution in [0, 0.1) is 0 Å². The molecule has 0 amide bonds. The molecule has 0 bridgehead atoms. The van der Waals surface area contributed by atoms with Crippen LogP contribution in [0.25, 0.3) is 10.6 Å². The number of ether oxygens (including phenoxy) is 1. The van der Waals surface area contributed by atoms with Gasteiger partial charge in [-0.15, -0.1) is 11.3 Å². The maximum Gasteiger partial charge on any atom is 0.308 e. The molecule has 4 nitrogen and oxygen atoms in total. The zero-order valence-electron chi connectivity index (χ0n) is 12.3. The predicted octanol–water partition coefficient (Wildman–Crippen LogP) is 3.79. The van der Waals surface area contributed by atoms with E-state index in [0.29, 0.717) is 6.61 Å². The summed E-state index contributed by atoms with van der Waals surface area (Å²) in [6, 6.07) is 7.78. The van der Waals surface area contributed by atoms with Crippen molar-refractivity contribution in [3.05, 3.63) is 34.8 Å². The van der Waals surface area contributed by atoms with Crippen molar-refractivity contribution in [2.45, 2.75) is 33.1 Å². The summed E-state index contributed by atoms with van der Waals surface area (Å²) in [5, 5.41) is 9.81. The van der Waals surface area contributed by atoms with E-state index in [1.54, 1.807) is 0 Å². The van der Waals surface area contributed by atoms with Gasteiger partial charge >= 0.3 is 5.97 Å². The Labute approximate surface area is 128 Å². The molecule has 112 valence electrons. The number of carboxylic acids is 1. The van der Waals surface area contributed by atoms with E-state index < -0.39 is 5.97 Å². The number of aromatic nitrogens is 1. The highest BCUT2D eigenvalue weighted by Crippen LogP contribution is 2.30. The summed E-state index contributed by atoms with van der Waals surface area (Å²) in [6.45, 7) is 4.77. The molecule has 1 heterocycles. The van der Waals surface area contributed by atoms with E-state index in [4.69, 9.17) is 9.84 Å². The third kappa shape index (κ3) is 4.04. The first-order chi connectivity index (χ1) is 10.1. The maximum atomic E-state index is 10.9. The number of rotatable bonds is 7. The van der Waals surface area contributed by atoms with Gasteiger partial charge in [0.2, 0.25) is 0 Å². The molecule has 1 N–H and O–H groups in total. The normalized spacial score (nSPS) is 10.6. The van der Waals surface area contributed by atoms with Gasteiger partial charge < -0.3 is 9.84 Å². The van der Waals surface area contributed by atoms with Crippen LogP contribution in [-0.2, 0) is 17.6 Å². The number of thiazole rings is 1. The molecular weight excluding hydrogens is 286 g/mol. The molecule has 0 spiro atoms. The summed E-state index contributed by atoms with van der Waals surface area (Å²) in [7, 11) is 0. The Morgan fingerprint density at radius 1 is 1.29 bits per heavy atom. The lowest BCUT2D eigenvalue weighted by molar-refractivity contribution is -0.136. The van der Waals surface area contributed by atoms with Crippen LogP contribution in [0.5, 0.6) is 5.75 Å². The van der Waals surface area contributed by atoms with Crippen LogP contribution in [0.3, 0.4) is 0 Å². The van der Waals surface area contributed by atoms with E-state index in [-0.39, 0.29) is 6.42 Å². The molecule has 0 aliphatic carbocycles. The Kier molecular flexibility index (Phi) is 5.33. The second-order valence-electron chi connectivity index (χ2n) is 4.69. The standard InChI is InChI=1S/C16H19NO3S/c1-3-9-20-12-7-5-11(6-8-12)16-17-13(4-2)14(21-16)10-15(18)19/h5-8H,3-4,9-10H2,1-2H3,(H,18,19). The van der Waals surface area contributed by atoms with Crippen molar-refractivity contribution in [2.75, 3.05) is 6.61 Å². The van der Waals surface area contributed by atoms with Gasteiger partial charge in [-0.3, -0.25) is 4.79 Å². The SMILES string of the molecule is CCCOc1ccc(-c2nc(CC)c(CC(=O)O)s2)cc1. The van der Waals surface area contributed by atoms with Gasteiger partial charge in [-0.1, -0.05) is 13.8 Å². The lowest BCUT2D eigenvalue weighted by Crippen LogP contribution is -2.00. The molecule has 0 aliphatic heterocycles. The molecule has 0 fully saturated rings. The topological polar surface area (TPSA) is 59.4 Å². The Morgan fingerprint density at radius 2 is 2.00 bits per heavy atom. The van der Waals surface area contributed by atoms with Crippen molar-refractivity contribution in [1.29, 1.82) is 0 Å². The molecule has 5 heteroatoms. The maximum absolute atomic E-state index is 10.9. The van der Waals surface area contributed by atoms with Gasteiger partial charge in [0.05, 0.1) is 18.7 Å². The zero-order valence-corrected chi connectivity index (χ0v) is 13.1. The Hall–Kier alpha value is -1.88. The van der Waals surface area contributed by atoms with Crippen LogP contribution in [0.2, 0.25) is 0 Å². The Bertz CT molecular complexity index is 604. The van der Waals surface area contributed by atoms with Gasteiger partial charge in [-0.25, -0.2) is 4.98 Å². The average Bonchev–Trinajstić information content (AvgIpc) is 2.88. The summed E-state index contributed by atoms with van der Waals surface area (Å²) in [4.78, 5) is 16.3. The van der Waals surface area contributed by atoms with Gasteiger partial charge in [-0.05, 0) is 37.1 Å². The molecule has 0 unspecified atom stereocenters. The monoisotopic (exact) mass is 305 g/mol. The number of hydrogen-bond donors (Lipinski definition) is 1. The van der Waals surface area contributed by atoms with E-state index >= 15 is 0 Å². The fraction of sp³-hybridized carbons (Fsp3) is 0.375. The number of aryl methyl sites for hydroxylation is 1. The van der Waals surface area contributed by atoms with E-state index in [9.17, 15) is 4.79 Å². The van der Waals surface area contributed by atoms with Gasteiger partial charge in [0.15, 0.2) is 0 Å². The number of carboxylic acid groups (broad SMARTS) is 1. The fourth-order valence-electron chi connectivity index (χ4n) is 1.97. The minimum Gasteiger partial charge on any atom is -0.494 e. The minimum atomic E-state index is -0.816. The van der Waals surface area contributed by atoms with Crippen molar-refractivity contribution in [3.63, 3.8) is 0 Å². The van der Waals surface area contributed by atoms with E-state index in [1.165, 1.54) is 11.3 Å². The predicted molar refractivity (Wildman–Crippen MR) is 84.1 cm³/mol. The van der Waals surface area contributed by atoms with Crippen molar-refractivity contribution in [1.82, 2.24) is 4.98 Å². The van der Waals surface area contributed by atoms with Crippen LogP contribution in [0.1, 0.15) is 30.8 Å². The molecular formula is C16H19NO3S. The van der Waals surface area contributed by atoms with Crippen LogP contribution >= 0.6 is 11.3 Å². The van der Waals surface area contributed by atoms with E-state index in [2.05, 4.69) is 11.9 Å². The molecule has 21 heavy (non-hydrogen) atoms.